The van der Waals surface area contributed by atoms with Crippen molar-refractivity contribution in [2.24, 2.45) is 5.92 Å². The van der Waals surface area contributed by atoms with Crippen LogP contribution in [0.3, 0.4) is 0 Å². The van der Waals surface area contributed by atoms with Crippen LogP contribution in [-0.4, -0.2) is 46.7 Å². The topological polar surface area (TPSA) is 70.1 Å². The van der Waals surface area contributed by atoms with Gasteiger partial charge in [0.2, 0.25) is 0 Å². The summed E-state index contributed by atoms with van der Waals surface area (Å²) in [5, 5.41) is 9.91. The van der Waals surface area contributed by atoms with Gasteiger partial charge in [-0.2, -0.15) is 0 Å². The van der Waals surface area contributed by atoms with Gasteiger partial charge in [0.05, 0.1) is 18.7 Å². The van der Waals surface area contributed by atoms with Gasteiger partial charge in [-0.25, -0.2) is 4.39 Å². The van der Waals surface area contributed by atoms with E-state index in [9.17, 15) is 19.1 Å². The Kier molecular flexibility index (Phi) is 6.66. The summed E-state index contributed by atoms with van der Waals surface area (Å²) >= 11 is 5.56. The maximum Gasteiger partial charge on any atom is 0.309 e. The van der Waals surface area contributed by atoms with Gasteiger partial charge in [-0.1, -0.05) is 19.1 Å². The van der Waals surface area contributed by atoms with Crippen molar-refractivity contribution in [1.29, 1.82) is 0 Å². The first-order valence-corrected chi connectivity index (χ1v) is 10.0. The van der Waals surface area contributed by atoms with Crippen molar-refractivity contribution in [1.82, 2.24) is 4.90 Å². The monoisotopic (exact) mass is 430 g/mol. The van der Waals surface area contributed by atoms with Crippen molar-refractivity contribution in [2.45, 2.75) is 25.8 Å². The van der Waals surface area contributed by atoms with E-state index in [4.69, 9.17) is 17.0 Å². The Labute approximate surface area is 179 Å². The summed E-state index contributed by atoms with van der Waals surface area (Å²) in [5.74, 6) is -2.05. The molecule has 158 valence electrons. The molecule has 2 atom stereocenters. The number of halogens is 1. The zero-order valence-corrected chi connectivity index (χ0v) is 17.6. The fourth-order valence-electron chi connectivity index (χ4n) is 3.63. The number of carboxylic acids is 1. The number of hydrogen-bond donors (Lipinski definition) is 1. The Morgan fingerprint density at radius 3 is 2.37 bits per heavy atom. The minimum absolute atomic E-state index is 0.227. The summed E-state index contributed by atoms with van der Waals surface area (Å²) in [4.78, 5) is 28.1. The van der Waals surface area contributed by atoms with Crippen LogP contribution in [0.1, 0.15) is 18.9 Å². The van der Waals surface area contributed by atoms with Crippen LogP contribution in [0.25, 0.3) is 0 Å². The highest BCUT2D eigenvalue weighted by molar-refractivity contribution is 7.80. The van der Waals surface area contributed by atoms with Crippen LogP contribution in [0.4, 0.5) is 10.1 Å². The molecule has 1 aliphatic rings. The number of carbonyl (C=O) groups is 2. The first kappa shape index (κ1) is 21.7. The third-order valence-electron chi connectivity index (χ3n) is 5.27. The Hall–Kier alpha value is -3.00. The molecule has 1 saturated heterocycles. The Balaban J connectivity index is 1.89. The lowest BCUT2D eigenvalue weighted by atomic mass is 9.95. The Morgan fingerprint density at radius 2 is 1.83 bits per heavy atom. The van der Waals surface area contributed by atoms with Crippen LogP contribution in [-0.2, 0) is 16.0 Å². The number of nitrogens with zero attached hydrogens (tertiary/aromatic N) is 2. The van der Waals surface area contributed by atoms with Crippen LogP contribution >= 0.6 is 12.2 Å². The van der Waals surface area contributed by atoms with E-state index in [2.05, 4.69) is 0 Å². The van der Waals surface area contributed by atoms with E-state index in [-0.39, 0.29) is 11.5 Å². The number of anilines is 1. The predicted octanol–water partition coefficient (Wildman–Crippen LogP) is 3.49. The number of amides is 1. The van der Waals surface area contributed by atoms with Gasteiger partial charge in [0.1, 0.15) is 17.6 Å². The summed E-state index contributed by atoms with van der Waals surface area (Å²) in [6.07, 6.45) is 0.853. The number of ether oxygens (including phenoxy) is 1. The van der Waals surface area contributed by atoms with Gasteiger partial charge in [-0.3, -0.25) is 14.5 Å². The molecule has 1 amide bonds. The number of rotatable bonds is 8. The van der Waals surface area contributed by atoms with Crippen molar-refractivity contribution in [3.05, 3.63) is 59.9 Å². The molecule has 6 nitrogen and oxygen atoms in total. The van der Waals surface area contributed by atoms with Gasteiger partial charge in [-0.05, 0) is 67.0 Å². The smallest absolute Gasteiger partial charge is 0.309 e. The quantitative estimate of drug-likeness (QED) is 0.647. The van der Waals surface area contributed by atoms with E-state index in [0.717, 1.165) is 11.3 Å². The molecule has 2 aromatic carbocycles. The second-order valence-corrected chi connectivity index (χ2v) is 7.39. The fourth-order valence-corrected chi connectivity index (χ4v) is 4.03. The van der Waals surface area contributed by atoms with Gasteiger partial charge in [0, 0.05) is 6.54 Å². The Bertz CT molecular complexity index is 933. The van der Waals surface area contributed by atoms with Crippen LogP contribution in [0.2, 0.25) is 0 Å². The lowest BCUT2D eigenvalue weighted by molar-refractivity contribution is -0.146. The van der Waals surface area contributed by atoms with E-state index in [1.54, 1.807) is 18.9 Å². The molecule has 0 spiro atoms. The first-order chi connectivity index (χ1) is 14.4. The summed E-state index contributed by atoms with van der Waals surface area (Å²) in [6.45, 7) is 2.11. The molecule has 30 heavy (non-hydrogen) atoms. The van der Waals surface area contributed by atoms with Gasteiger partial charge in [-0.15, -0.1) is 0 Å². The molecule has 1 aliphatic heterocycles. The zero-order chi connectivity index (χ0) is 21.8. The van der Waals surface area contributed by atoms with Crippen molar-refractivity contribution >= 4 is 34.9 Å². The van der Waals surface area contributed by atoms with Crippen molar-refractivity contribution in [2.75, 3.05) is 18.6 Å². The Morgan fingerprint density at radius 1 is 1.20 bits per heavy atom. The van der Waals surface area contributed by atoms with Gasteiger partial charge < -0.3 is 14.7 Å². The largest absolute Gasteiger partial charge is 0.497 e. The molecule has 3 rings (SSSR count). The molecule has 2 aromatic rings. The van der Waals surface area contributed by atoms with E-state index in [1.165, 1.54) is 29.2 Å². The number of methoxy groups -OCH3 is 1. The van der Waals surface area contributed by atoms with Crippen LogP contribution in [0.15, 0.2) is 48.5 Å². The number of carboxylic acid groups (broad SMARTS) is 1. The van der Waals surface area contributed by atoms with Crippen LogP contribution in [0.5, 0.6) is 5.75 Å². The van der Waals surface area contributed by atoms with Crippen LogP contribution in [0, 0.1) is 11.7 Å². The molecule has 1 fully saturated rings. The SMILES string of the molecule is CCC(C(=O)O)C1C(=O)N(c2ccc(F)cc2)C(=S)N1CCc1ccc(OC)cc1. The third-order valence-corrected chi connectivity index (χ3v) is 5.69. The van der Waals surface area contributed by atoms with Gasteiger partial charge >= 0.3 is 5.97 Å². The second-order valence-electron chi connectivity index (χ2n) is 7.02. The minimum Gasteiger partial charge on any atom is -0.497 e. The molecule has 0 saturated carbocycles. The van der Waals surface area contributed by atoms with E-state index in [0.29, 0.717) is 18.7 Å². The summed E-state index contributed by atoms with van der Waals surface area (Å²) in [7, 11) is 1.59. The molecule has 1 N–H and O–H groups in total. The fraction of sp³-hybridized carbons (Fsp3) is 0.318. The van der Waals surface area contributed by atoms with Gasteiger partial charge in [0.25, 0.3) is 5.91 Å². The number of thiocarbonyl (C=S) groups is 1. The molecule has 2 unspecified atom stereocenters. The molecular formula is C22H23FN2O4S. The number of aliphatic carboxylic acids is 1. The average Bonchev–Trinajstić information content (AvgIpc) is 2.98. The average molecular weight is 431 g/mol. The molecule has 8 heteroatoms. The third kappa shape index (κ3) is 4.28. The standard InChI is InChI=1S/C22H23FN2O4S/c1-3-18(21(27)28)19-20(26)25(16-8-6-15(23)7-9-16)22(30)24(19)13-12-14-4-10-17(29-2)11-5-14/h4-11,18-19H,3,12-13H2,1-2H3,(H,27,28). The lowest BCUT2D eigenvalue weighted by Gasteiger charge is -2.27. The molecule has 0 bridgehead atoms. The lowest BCUT2D eigenvalue weighted by Crippen LogP contribution is -2.44. The predicted molar refractivity (Wildman–Crippen MR) is 115 cm³/mol. The maximum absolute atomic E-state index is 13.3. The minimum atomic E-state index is -1.05. The van der Waals surface area contributed by atoms with Gasteiger partial charge in [0.15, 0.2) is 5.11 Å². The van der Waals surface area contributed by atoms with Crippen molar-refractivity contribution < 1.29 is 23.8 Å². The second kappa shape index (κ2) is 9.21. The first-order valence-electron chi connectivity index (χ1n) is 9.63. The molecule has 1 heterocycles. The van der Waals surface area contributed by atoms with Crippen molar-refractivity contribution in [3.8, 4) is 5.75 Å². The van der Waals surface area contributed by atoms with E-state index < -0.39 is 29.7 Å². The number of carbonyl (C=O) groups excluding carboxylic acids is 1. The number of benzene rings is 2. The van der Waals surface area contributed by atoms with Crippen molar-refractivity contribution in [3.63, 3.8) is 0 Å². The molecule has 0 aliphatic carbocycles. The summed E-state index contributed by atoms with van der Waals surface area (Å²) in [5.41, 5.74) is 1.43. The molecule has 0 aromatic heterocycles. The highest BCUT2D eigenvalue weighted by Gasteiger charge is 2.48. The van der Waals surface area contributed by atoms with E-state index >= 15 is 0 Å². The normalized spacial score (nSPS) is 17.4. The molecular weight excluding hydrogens is 407 g/mol. The molecule has 0 radical (unpaired) electrons. The summed E-state index contributed by atoms with van der Waals surface area (Å²) < 4.78 is 18.5. The zero-order valence-electron chi connectivity index (χ0n) is 16.7. The summed E-state index contributed by atoms with van der Waals surface area (Å²) in [6, 6.07) is 12.0. The maximum atomic E-state index is 13.3. The highest BCUT2D eigenvalue weighted by atomic mass is 32.1. The highest BCUT2D eigenvalue weighted by Crippen LogP contribution is 2.31. The van der Waals surface area contributed by atoms with Crippen LogP contribution < -0.4 is 9.64 Å². The van der Waals surface area contributed by atoms with E-state index in [1.807, 2.05) is 24.3 Å². The number of hydrogen-bond acceptors (Lipinski definition) is 4.